The van der Waals surface area contributed by atoms with Gasteiger partial charge >= 0.3 is 0 Å². The molecule has 2 aromatic carbocycles. The molecule has 0 unspecified atom stereocenters. The van der Waals surface area contributed by atoms with Crippen molar-refractivity contribution in [2.24, 2.45) is 0 Å². The lowest BCUT2D eigenvalue weighted by Crippen LogP contribution is -2.13. The highest BCUT2D eigenvalue weighted by Gasteiger charge is 2.19. The topological polar surface area (TPSA) is 18.5 Å². The van der Waals surface area contributed by atoms with Gasteiger partial charge in [0, 0.05) is 0 Å². The van der Waals surface area contributed by atoms with Crippen LogP contribution in [0.5, 0.6) is 11.5 Å². The van der Waals surface area contributed by atoms with Crippen molar-refractivity contribution in [1.82, 2.24) is 0 Å². The van der Waals surface area contributed by atoms with Crippen LogP contribution in [0.15, 0.2) is 36.4 Å². The summed E-state index contributed by atoms with van der Waals surface area (Å²) >= 11 is 0. The molecule has 0 saturated heterocycles. The SMILES string of the molecule is CCCOc1cc(-c2cc(OCCC)cc(C(C)(C)C)c2)cc(C(C)(C)C)c1. The Labute approximate surface area is 172 Å². The van der Waals surface area contributed by atoms with Crippen molar-refractivity contribution in [1.29, 1.82) is 0 Å². The first-order chi connectivity index (χ1) is 13.0. The van der Waals surface area contributed by atoms with Gasteiger partial charge in [0.15, 0.2) is 0 Å². The molecule has 0 fully saturated rings. The molecule has 0 heterocycles. The van der Waals surface area contributed by atoms with E-state index >= 15 is 0 Å². The van der Waals surface area contributed by atoms with E-state index in [9.17, 15) is 0 Å². The minimum Gasteiger partial charge on any atom is -0.494 e. The zero-order chi connectivity index (χ0) is 20.9. The molecule has 0 amide bonds. The van der Waals surface area contributed by atoms with E-state index < -0.39 is 0 Å². The van der Waals surface area contributed by atoms with Crippen LogP contribution in [0.2, 0.25) is 0 Å². The molecule has 2 nitrogen and oxygen atoms in total. The standard InChI is InChI=1S/C26H38O2/c1-9-11-27-23-15-19(13-21(17-23)25(3,4)5)20-14-22(26(6,7)8)18-24(16-20)28-12-10-2/h13-18H,9-12H2,1-8H3. The first-order valence-electron chi connectivity index (χ1n) is 10.6. The van der Waals surface area contributed by atoms with Gasteiger partial charge in [-0.2, -0.15) is 0 Å². The summed E-state index contributed by atoms with van der Waals surface area (Å²) in [4.78, 5) is 0. The summed E-state index contributed by atoms with van der Waals surface area (Å²) in [5, 5.41) is 0. The van der Waals surface area contributed by atoms with Gasteiger partial charge in [0.25, 0.3) is 0 Å². The molecule has 0 radical (unpaired) electrons. The summed E-state index contributed by atoms with van der Waals surface area (Å²) in [5.41, 5.74) is 5.06. The number of hydrogen-bond donors (Lipinski definition) is 0. The second kappa shape index (κ2) is 9.03. The van der Waals surface area contributed by atoms with E-state index in [4.69, 9.17) is 9.47 Å². The van der Waals surface area contributed by atoms with Gasteiger partial charge in [0.05, 0.1) is 13.2 Å². The monoisotopic (exact) mass is 382 g/mol. The van der Waals surface area contributed by atoms with E-state index in [1.807, 2.05) is 0 Å². The fraction of sp³-hybridized carbons (Fsp3) is 0.538. The molecule has 0 aromatic heterocycles. The summed E-state index contributed by atoms with van der Waals surface area (Å²) in [6, 6.07) is 13.3. The van der Waals surface area contributed by atoms with Crippen molar-refractivity contribution in [2.45, 2.75) is 79.1 Å². The van der Waals surface area contributed by atoms with Crippen LogP contribution in [-0.4, -0.2) is 13.2 Å². The predicted octanol–water partition coefficient (Wildman–Crippen LogP) is 7.53. The molecule has 28 heavy (non-hydrogen) atoms. The molecule has 0 aliphatic heterocycles. The minimum absolute atomic E-state index is 0.0590. The molecular weight excluding hydrogens is 344 g/mol. The molecule has 0 aliphatic rings. The van der Waals surface area contributed by atoms with Gasteiger partial charge in [-0.25, -0.2) is 0 Å². The summed E-state index contributed by atoms with van der Waals surface area (Å²) in [5.74, 6) is 1.89. The Morgan fingerprint density at radius 1 is 0.571 bits per heavy atom. The third-order valence-corrected chi connectivity index (χ3v) is 4.82. The van der Waals surface area contributed by atoms with E-state index in [1.54, 1.807) is 0 Å². The summed E-state index contributed by atoms with van der Waals surface area (Å²) in [6.07, 6.45) is 2.01. The third kappa shape index (κ3) is 6.02. The van der Waals surface area contributed by atoms with E-state index in [2.05, 4.69) is 91.8 Å². The van der Waals surface area contributed by atoms with Crippen LogP contribution in [0.3, 0.4) is 0 Å². The predicted molar refractivity (Wildman–Crippen MR) is 121 cm³/mol. The molecule has 0 N–H and O–H groups in total. The zero-order valence-electron chi connectivity index (χ0n) is 19.1. The normalized spacial score (nSPS) is 12.1. The van der Waals surface area contributed by atoms with Gasteiger partial charge in [0.2, 0.25) is 0 Å². The van der Waals surface area contributed by atoms with Crippen molar-refractivity contribution >= 4 is 0 Å². The number of hydrogen-bond acceptors (Lipinski definition) is 2. The third-order valence-electron chi connectivity index (χ3n) is 4.82. The second-order valence-corrected chi connectivity index (χ2v) is 9.69. The minimum atomic E-state index is 0.0590. The van der Waals surface area contributed by atoms with Crippen molar-refractivity contribution in [3.63, 3.8) is 0 Å². The van der Waals surface area contributed by atoms with Gasteiger partial charge in [0.1, 0.15) is 11.5 Å². The average molecular weight is 383 g/mol. The Kier molecular flexibility index (Phi) is 7.20. The lowest BCUT2D eigenvalue weighted by atomic mass is 9.83. The van der Waals surface area contributed by atoms with Crippen LogP contribution >= 0.6 is 0 Å². The number of ether oxygens (including phenoxy) is 2. The highest BCUT2D eigenvalue weighted by atomic mass is 16.5. The maximum absolute atomic E-state index is 6.01. The van der Waals surface area contributed by atoms with E-state index in [0.29, 0.717) is 0 Å². The Bertz CT molecular complexity index is 708. The Morgan fingerprint density at radius 2 is 0.929 bits per heavy atom. The molecule has 0 aliphatic carbocycles. The van der Waals surface area contributed by atoms with Crippen molar-refractivity contribution in [3.05, 3.63) is 47.5 Å². The highest BCUT2D eigenvalue weighted by molar-refractivity contribution is 5.69. The van der Waals surface area contributed by atoms with Crippen LogP contribution in [0.4, 0.5) is 0 Å². The smallest absolute Gasteiger partial charge is 0.120 e. The summed E-state index contributed by atoms with van der Waals surface area (Å²) < 4.78 is 12.0. The first kappa shape index (κ1) is 22.3. The number of rotatable bonds is 7. The molecule has 0 atom stereocenters. The molecule has 2 heteroatoms. The van der Waals surface area contributed by atoms with Crippen LogP contribution < -0.4 is 9.47 Å². The van der Waals surface area contributed by atoms with Gasteiger partial charge < -0.3 is 9.47 Å². The van der Waals surface area contributed by atoms with Crippen LogP contribution in [0, 0.1) is 0 Å². The number of benzene rings is 2. The molecule has 0 saturated carbocycles. The second-order valence-electron chi connectivity index (χ2n) is 9.69. The maximum Gasteiger partial charge on any atom is 0.120 e. The fourth-order valence-corrected chi connectivity index (χ4v) is 3.00. The molecular formula is C26H38O2. The van der Waals surface area contributed by atoms with Gasteiger partial charge in [-0.15, -0.1) is 0 Å². The van der Waals surface area contributed by atoms with Crippen LogP contribution in [0.25, 0.3) is 11.1 Å². The lowest BCUT2D eigenvalue weighted by molar-refractivity contribution is 0.316. The highest BCUT2D eigenvalue weighted by Crippen LogP contribution is 2.36. The van der Waals surface area contributed by atoms with Crippen molar-refractivity contribution in [3.8, 4) is 22.6 Å². The van der Waals surface area contributed by atoms with Gasteiger partial charge in [-0.1, -0.05) is 67.5 Å². The Balaban J connectivity index is 2.60. The average Bonchev–Trinajstić information content (AvgIpc) is 2.62. The Hall–Kier alpha value is -1.96. The largest absolute Gasteiger partial charge is 0.494 e. The Morgan fingerprint density at radius 3 is 1.21 bits per heavy atom. The van der Waals surface area contributed by atoms with Gasteiger partial charge in [-0.3, -0.25) is 0 Å². The molecule has 2 rings (SSSR count). The fourth-order valence-electron chi connectivity index (χ4n) is 3.00. The van der Waals surface area contributed by atoms with E-state index in [-0.39, 0.29) is 10.8 Å². The van der Waals surface area contributed by atoms with Crippen LogP contribution in [0.1, 0.15) is 79.4 Å². The maximum atomic E-state index is 6.01. The van der Waals surface area contributed by atoms with E-state index in [0.717, 1.165) is 37.6 Å². The molecule has 0 spiro atoms. The molecule has 0 bridgehead atoms. The van der Waals surface area contributed by atoms with Crippen molar-refractivity contribution in [2.75, 3.05) is 13.2 Å². The van der Waals surface area contributed by atoms with Gasteiger partial charge in [-0.05, 0) is 70.2 Å². The lowest BCUT2D eigenvalue weighted by Gasteiger charge is -2.24. The summed E-state index contributed by atoms with van der Waals surface area (Å²) in [7, 11) is 0. The van der Waals surface area contributed by atoms with Crippen LogP contribution in [-0.2, 0) is 10.8 Å². The molecule has 2 aromatic rings. The van der Waals surface area contributed by atoms with E-state index in [1.165, 1.54) is 22.3 Å². The van der Waals surface area contributed by atoms with Crippen molar-refractivity contribution < 1.29 is 9.47 Å². The quantitative estimate of drug-likeness (QED) is 0.493. The zero-order valence-corrected chi connectivity index (χ0v) is 19.1. The first-order valence-corrected chi connectivity index (χ1v) is 10.6. The summed E-state index contributed by atoms with van der Waals surface area (Å²) in [6.45, 7) is 19.2. The molecule has 154 valence electrons.